The normalized spacial score (nSPS) is 10.8. The van der Waals surface area contributed by atoms with Gasteiger partial charge in [0.25, 0.3) is 0 Å². The van der Waals surface area contributed by atoms with Gasteiger partial charge in [-0.05, 0) is 30.7 Å². The quantitative estimate of drug-likeness (QED) is 0.786. The van der Waals surface area contributed by atoms with Crippen LogP contribution in [0.5, 0.6) is 0 Å². The van der Waals surface area contributed by atoms with E-state index in [-0.39, 0.29) is 5.69 Å². The second-order valence-electron chi connectivity index (χ2n) is 4.34. The van der Waals surface area contributed by atoms with Crippen LogP contribution in [0.15, 0.2) is 36.5 Å². The molecular weight excluding hydrogens is 256 g/mol. The molecule has 2 aromatic heterocycles. The van der Waals surface area contributed by atoms with Crippen molar-refractivity contribution in [1.29, 1.82) is 0 Å². The van der Waals surface area contributed by atoms with Gasteiger partial charge in [0.15, 0.2) is 5.69 Å². The van der Waals surface area contributed by atoms with Crippen LogP contribution in [-0.2, 0) is 6.42 Å². The molecule has 0 spiro atoms. The minimum Gasteiger partial charge on any atom is -0.476 e. The summed E-state index contributed by atoms with van der Waals surface area (Å²) in [5.41, 5.74) is 2.25. The van der Waals surface area contributed by atoms with Crippen LogP contribution >= 0.6 is 0 Å². The van der Waals surface area contributed by atoms with Crippen molar-refractivity contribution in [2.45, 2.75) is 13.3 Å². The first-order chi connectivity index (χ1) is 9.70. The van der Waals surface area contributed by atoms with Gasteiger partial charge in [-0.1, -0.05) is 18.2 Å². The van der Waals surface area contributed by atoms with Gasteiger partial charge in [-0.2, -0.15) is 0 Å². The fraction of sp³-hybridized carbons (Fsp3) is 0.143. The molecule has 2 heterocycles. The summed E-state index contributed by atoms with van der Waals surface area (Å²) in [7, 11) is 0. The molecule has 0 aliphatic heterocycles. The molecular formula is C14H12N4O2. The monoisotopic (exact) mass is 268 g/mol. The molecule has 0 aliphatic rings. The zero-order valence-corrected chi connectivity index (χ0v) is 10.8. The number of carboxylic acid groups (broad SMARTS) is 1. The van der Waals surface area contributed by atoms with Crippen LogP contribution in [0, 0.1) is 0 Å². The van der Waals surface area contributed by atoms with Crippen molar-refractivity contribution < 1.29 is 9.90 Å². The number of pyridine rings is 1. The standard InChI is InChI=1S/C14H12N4O2/c1-2-12-13(14(19)20)16-17-18(12)10-5-6-11-9(8-10)4-3-7-15-11/h3-8H,2H2,1H3,(H,19,20). The summed E-state index contributed by atoms with van der Waals surface area (Å²) >= 11 is 0. The van der Waals surface area contributed by atoms with Gasteiger partial charge in [0, 0.05) is 11.6 Å². The van der Waals surface area contributed by atoms with Crippen molar-refractivity contribution >= 4 is 16.9 Å². The van der Waals surface area contributed by atoms with E-state index in [4.69, 9.17) is 5.11 Å². The lowest BCUT2D eigenvalue weighted by atomic mass is 10.2. The average molecular weight is 268 g/mol. The van der Waals surface area contributed by atoms with Gasteiger partial charge in [-0.3, -0.25) is 4.98 Å². The minimum atomic E-state index is -1.06. The summed E-state index contributed by atoms with van der Waals surface area (Å²) in [6.07, 6.45) is 2.27. The van der Waals surface area contributed by atoms with Crippen LogP contribution in [0.1, 0.15) is 23.1 Å². The Bertz CT molecular complexity index is 795. The fourth-order valence-corrected chi connectivity index (χ4v) is 2.19. The maximum Gasteiger partial charge on any atom is 0.358 e. The Morgan fingerprint density at radius 1 is 1.35 bits per heavy atom. The third kappa shape index (κ3) is 1.91. The number of carboxylic acids is 1. The van der Waals surface area contributed by atoms with Crippen LogP contribution in [0.3, 0.4) is 0 Å². The molecule has 0 bridgehead atoms. The molecule has 0 atom stereocenters. The van der Waals surface area contributed by atoms with E-state index in [2.05, 4.69) is 15.3 Å². The first kappa shape index (κ1) is 12.3. The Hall–Kier alpha value is -2.76. The van der Waals surface area contributed by atoms with Crippen LogP contribution < -0.4 is 0 Å². The van der Waals surface area contributed by atoms with Gasteiger partial charge in [0.2, 0.25) is 0 Å². The minimum absolute atomic E-state index is 0.00113. The molecule has 1 N–H and O–H groups in total. The third-order valence-electron chi connectivity index (χ3n) is 3.13. The SMILES string of the molecule is CCc1c(C(=O)O)nnn1-c1ccc2ncccc2c1. The lowest BCUT2D eigenvalue weighted by molar-refractivity contribution is 0.0689. The molecule has 100 valence electrons. The number of hydrogen-bond acceptors (Lipinski definition) is 4. The van der Waals surface area contributed by atoms with Crippen molar-refractivity contribution in [1.82, 2.24) is 20.0 Å². The van der Waals surface area contributed by atoms with Gasteiger partial charge in [0.05, 0.1) is 16.9 Å². The van der Waals surface area contributed by atoms with E-state index in [0.29, 0.717) is 12.1 Å². The Morgan fingerprint density at radius 2 is 2.20 bits per heavy atom. The third-order valence-corrected chi connectivity index (χ3v) is 3.13. The van der Waals surface area contributed by atoms with E-state index < -0.39 is 5.97 Å². The molecule has 0 saturated heterocycles. The molecule has 20 heavy (non-hydrogen) atoms. The number of aromatic carboxylic acids is 1. The predicted molar refractivity (Wildman–Crippen MR) is 73.0 cm³/mol. The molecule has 6 nitrogen and oxygen atoms in total. The molecule has 0 saturated carbocycles. The highest BCUT2D eigenvalue weighted by Crippen LogP contribution is 2.19. The van der Waals surface area contributed by atoms with E-state index in [0.717, 1.165) is 16.6 Å². The van der Waals surface area contributed by atoms with Crippen molar-refractivity contribution in [3.63, 3.8) is 0 Å². The zero-order chi connectivity index (χ0) is 14.1. The Morgan fingerprint density at radius 3 is 2.95 bits per heavy atom. The summed E-state index contributed by atoms with van der Waals surface area (Å²) in [5, 5.41) is 17.8. The van der Waals surface area contributed by atoms with E-state index in [1.54, 1.807) is 10.9 Å². The smallest absolute Gasteiger partial charge is 0.358 e. The summed E-state index contributed by atoms with van der Waals surface area (Å²) in [4.78, 5) is 15.4. The summed E-state index contributed by atoms with van der Waals surface area (Å²) in [6.45, 7) is 1.88. The number of hydrogen-bond donors (Lipinski definition) is 1. The zero-order valence-electron chi connectivity index (χ0n) is 10.8. The molecule has 0 unspecified atom stereocenters. The van der Waals surface area contributed by atoms with Crippen LogP contribution in [0.4, 0.5) is 0 Å². The molecule has 1 aromatic carbocycles. The summed E-state index contributed by atoms with van der Waals surface area (Å²) < 4.78 is 1.57. The molecule has 0 aliphatic carbocycles. The van der Waals surface area contributed by atoms with Crippen LogP contribution in [0.25, 0.3) is 16.6 Å². The van der Waals surface area contributed by atoms with Crippen LogP contribution in [0.2, 0.25) is 0 Å². The fourth-order valence-electron chi connectivity index (χ4n) is 2.19. The highest BCUT2D eigenvalue weighted by molar-refractivity contribution is 5.87. The van der Waals surface area contributed by atoms with Gasteiger partial charge < -0.3 is 5.11 Å². The summed E-state index contributed by atoms with van der Waals surface area (Å²) in [6, 6.07) is 9.46. The first-order valence-electron chi connectivity index (χ1n) is 6.23. The maximum absolute atomic E-state index is 11.1. The number of benzene rings is 1. The van der Waals surface area contributed by atoms with E-state index in [1.807, 2.05) is 37.3 Å². The molecule has 3 rings (SSSR count). The highest BCUT2D eigenvalue weighted by atomic mass is 16.4. The van der Waals surface area contributed by atoms with Crippen molar-refractivity contribution in [3.8, 4) is 5.69 Å². The summed E-state index contributed by atoms with van der Waals surface area (Å²) in [5.74, 6) is -1.06. The lowest BCUT2D eigenvalue weighted by Crippen LogP contribution is -2.05. The molecule has 0 fully saturated rings. The predicted octanol–water partition coefficient (Wildman–Crippen LogP) is 2.08. The van der Waals surface area contributed by atoms with Gasteiger partial charge >= 0.3 is 5.97 Å². The molecule has 3 aromatic rings. The van der Waals surface area contributed by atoms with Crippen molar-refractivity contribution in [3.05, 3.63) is 47.9 Å². The number of rotatable bonds is 3. The second kappa shape index (κ2) is 4.73. The Kier molecular flexibility index (Phi) is 2.90. The van der Waals surface area contributed by atoms with Crippen LogP contribution in [-0.4, -0.2) is 31.1 Å². The largest absolute Gasteiger partial charge is 0.476 e. The molecule has 0 radical (unpaired) electrons. The van der Waals surface area contributed by atoms with E-state index in [1.165, 1.54) is 0 Å². The van der Waals surface area contributed by atoms with Gasteiger partial charge in [-0.25, -0.2) is 9.48 Å². The maximum atomic E-state index is 11.1. The number of nitrogens with zero attached hydrogens (tertiary/aromatic N) is 4. The number of fused-ring (bicyclic) bond motifs is 1. The number of carbonyl (C=O) groups is 1. The first-order valence-corrected chi connectivity index (χ1v) is 6.23. The molecule has 6 heteroatoms. The van der Waals surface area contributed by atoms with E-state index >= 15 is 0 Å². The Balaban J connectivity index is 2.18. The lowest BCUT2D eigenvalue weighted by Gasteiger charge is -2.06. The Labute approximate surface area is 114 Å². The van der Waals surface area contributed by atoms with Crippen molar-refractivity contribution in [2.24, 2.45) is 0 Å². The topological polar surface area (TPSA) is 80.9 Å². The van der Waals surface area contributed by atoms with E-state index in [9.17, 15) is 4.79 Å². The average Bonchev–Trinajstić information content (AvgIpc) is 2.90. The van der Waals surface area contributed by atoms with Gasteiger partial charge in [-0.15, -0.1) is 5.10 Å². The number of aromatic nitrogens is 4. The second-order valence-corrected chi connectivity index (χ2v) is 4.34. The highest BCUT2D eigenvalue weighted by Gasteiger charge is 2.18. The molecule has 0 amide bonds. The van der Waals surface area contributed by atoms with Gasteiger partial charge in [0.1, 0.15) is 0 Å². The van der Waals surface area contributed by atoms with Crippen molar-refractivity contribution in [2.75, 3.05) is 0 Å².